The van der Waals surface area contributed by atoms with Crippen molar-refractivity contribution in [2.24, 2.45) is 5.73 Å². The molecule has 0 aromatic heterocycles. The van der Waals surface area contributed by atoms with E-state index in [1.54, 1.807) is 14.2 Å². The average molecular weight is 249 g/mol. The topological polar surface area (TPSA) is 44.5 Å². The van der Waals surface area contributed by atoms with Crippen molar-refractivity contribution >= 4 is 0 Å². The highest BCUT2D eigenvalue weighted by Gasteiger charge is 2.38. The fourth-order valence-corrected chi connectivity index (χ4v) is 2.34. The summed E-state index contributed by atoms with van der Waals surface area (Å²) < 4.78 is 11.0. The van der Waals surface area contributed by atoms with Crippen LogP contribution in [0.3, 0.4) is 0 Å². The summed E-state index contributed by atoms with van der Waals surface area (Å²) in [5, 5.41) is 0. The molecule has 1 aromatic carbocycles. The minimum atomic E-state index is -0.00936. The number of hydrogen-bond acceptors (Lipinski definition) is 3. The van der Waals surface area contributed by atoms with E-state index >= 15 is 0 Å². The predicted octanol–water partition coefficient (Wildman–Crippen LogP) is 2.69. The van der Waals surface area contributed by atoms with Crippen LogP contribution in [0.25, 0.3) is 0 Å². The smallest absolute Gasteiger partial charge is 0.122 e. The van der Waals surface area contributed by atoms with Gasteiger partial charge in [-0.1, -0.05) is 13.3 Å². The highest BCUT2D eigenvalue weighted by molar-refractivity contribution is 5.47. The molecule has 0 aliphatic heterocycles. The van der Waals surface area contributed by atoms with Crippen LogP contribution in [0.4, 0.5) is 0 Å². The molecule has 0 atom stereocenters. The molecular weight excluding hydrogens is 226 g/mol. The summed E-state index contributed by atoms with van der Waals surface area (Å²) in [5.74, 6) is 1.90. The molecule has 1 fully saturated rings. The largest absolute Gasteiger partial charge is 0.496 e. The molecule has 3 nitrogen and oxygen atoms in total. The molecule has 0 unspecified atom stereocenters. The maximum Gasteiger partial charge on any atom is 0.122 e. The van der Waals surface area contributed by atoms with E-state index in [0.717, 1.165) is 49.2 Å². The van der Waals surface area contributed by atoms with Crippen molar-refractivity contribution in [2.75, 3.05) is 14.2 Å². The molecule has 1 aliphatic rings. The van der Waals surface area contributed by atoms with Crippen molar-refractivity contribution in [3.63, 3.8) is 0 Å². The molecule has 1 aliphatic carbocycles. The molecule has 0 saturated heterocycles. The Labute approximate surface area is 109 Å². The van der Waals surface area contributed by atoms with E-state index in [2.05, 4.69) is 19.1 Å². The number of benzene rings is 1. The summed E-state index contributed by atoms with van der Waals surface area (Å²) in [7, 11) is 3.44. The Bertz CT molecular complexity index is 425. The van der Waals surface area contributed by atoms with Crippen molar-refractivity contribution in [3.8, 4) is 11.5 Å². The molecular formula is C15H23NO2. The van der Waals surface area contributed by atoms with Crippen molar-refractivity contribution in [2.45, 2.75) is 44.6 Å². The van der Waals surface area contributed by atoms with Gasteiger partial charge in [0.2, 0.25) is 0 Å². The molecule has 2 rings (SSSR count). The summed E-state index contributed by atoms with van der Waals surface area (Å²) in [6.07, 6.45) is 5.19. The zero-order valence-corrected chi connectivity index (χ0v) is 11.6. The minimum Gasteiger partial charge on any atom is -0.496 e. The first kappa shape index (κ1) is 13.2. The fraction of sp³-hybridized carbons (Fsp3) is 0.600. The number of nitrogens with two attached hydrogens (primary N) is 1. The van der Waals surface area contributed by atoms with Crippen LogP contribution in [0, 0.1) is 0 Å². The van der Waals surface area contributed by atoms with Gasteiger partial charge in [0.25, 0.3) is 0 Å². The maximum absolute atomic E-state index is 6.19. The van der Waals surface area contributed by atoms with Crippen molar-refractivity contribution in [3.05, 3.63) is 23.3 Å². The number of methoxy groups -OCH3 is 2. The summed E-state index contributed by atoms with van der Waals surface area (Å²) in [6.45, 7) is 2.17. The van der Waals surface area contributed by atoms with Crippen LogP contribution in [0.15, 0.2) is 12.1 Å². The van der Waals surface area contributed by atoms with Crippen molar-refractivity contribution in [1.82, 2.24) is 0 Å². The summed E-state index contributed by atoms with van der Waals surface area (Å²) in [6, 6.07) is 4.19. The summed E-state index contributed by atoms with van der Waals surface area (Å²) >= 11 is 0. The van der Waals surface area contributed by atoms with Gasteiger partial charge in [0.05, 0.1) is 14.2 Å². The predicted molar refractivity (Wildman–Crippen MR) is 73.4 cm³/mol. The van der Waals surface area contributed by atoms with E-state index in [1.165, 1.54) is 5.56 Å². The van der Waals surface area contributed by atoms with E-state index in [4.69, 9.17) is 15.2 Å². The van der Waals surface area contributed by atoms with Crippen molar-refractivity contribution < 1.29 is 9.47 Å². The number of hydrogen-bond donors (Lipinski definition) is 1. The molecule has 0 heterocycles. The normalized spacial score (nSPS) is 16.4. The zero-order chi connectivity index (χ0) is 13.2. The second-order valence-electron chi connectivity index (χ2n) is 5.27. The van der Waals surface area contributed by atoms with Crippen LogP contribution in [-0.2, 0) is 12.8 Å². The highest BCUT2D eigenvalue weighted by atomic mass is 16.5. The lowest BCUT2D eigenvalue weighted by molar-refractivity contribution is 0.393. The lowest BCUT2D eigenvalue weighted by atomic mass is 9.99. The van der Waals surface area contributed by atoms with Gasteiger partial charge in [0, 0.05) is 5.54 Å². The van der Waals surface area contributed by atoms with Gasteiger partial charge in [-0.25, -0.2) is 0 Å². The molecule has 18 heavy (non-hydrogen) atoms. The number of rotatable bonds is 6. The van der Waals surface area contributed by atoms with E-state index in [-0.39, 0.29) is 5.54 Å². The van der Waals surface area contributed by atoms with Crippen LogP contribution in [0.1, 0.15) is 37.3 Å². The first-order valence-corrected chi connectivity index (χ1v) is 6.64. The molecule has 3 heteroatoms. The average Bonchev–Trinajstić information content (AvgIpc) is 3.08. The standard InChI is InChI=1S/C15H23NO2/c1-4-5-11-8-14(18-3)12(9-13(11)17-2)10-15(16)6-7-15/h8-9H,4-7,10,16H2,1-3H3. The Hall–Kier alpha value is -1.22. The van der Waals surface area contributed by atoms with Gasteiger partial charge in [-0.2, -0.15) is 0 Å². The van der Waals surface area contributed by atoms with Gasteiger partial charge >= 0.3 is 0 Å². The second-order valence-corrected chi connectivity index (χ2v) is 5.27. The monoisotopic (exact) mass is 249 g/mol. The molecule has 100 valence electrons. The van der Waals surface area contributed by atoms with Gasteiger partial charge < -0.3 is 15.2 Å². The Kier molecular flexibility index (Phi) is 3.81. The third-order valence-electron chi connectivity index (χ3n) is 3.64. The highest BCUT2D eigenvalue weighted by Crippen LogP contribution is 2.39. The Morgan fingerprint density at radius 2 is 1.67 bits per heavy atom. The van der Waals surface area contributed by atoms with Gasteiger partial charge in [-0.15, -0.1) is 0 Å². The molecule has 0 amide bonds. The summed E-state index contributed by atoms with van der Waals surface area (Å²) in [5.41, 5.74) is 8.56. The van der Waals surface area contributed by atoms with Gasteiger partial charge in [-0.3, -0.25) is 0 Å². The van der Waals surface area contributed by atoms with Gasteiger partial charge in [-0.05, 0) is 48.9 Å². The SMILES string of the molecule is CCCc1cc(OC)c(CC2(N)CC2)cc1OC. The molecule has 1 aromatic rings. The van der Waals surface area contributed by atoms with Gasteiger partial charge in [0.15, 0.2) is 0 Å². The summed E-state index contributed by atoms with van der Waals surface area (Å²) in [4.78, 5) is 0. The second kappa shape index (κ2) is 5.19. The fourth-order valence-electron chi connectivity index (χ4n) is 2.34. The number of ether oxygens (including phenoxy) is 2. The number of aryl methyl sites for hydroxylation is 1. The third kappa shape index (κ3) is 2.78. The van der Waals surface area contributed by atoms with Crippen LogP contribution in [0.5, 0.6) is 11.5 Å². The molecule has 0 spiro atoms. The molecule has 0 bridgehead atoms. The Morgan fingerprint density at radius 3 is 2.17 bits per heavy atom. The lowest BCUT2D eigenvalue weighted by Gasteiger charge is -2.17. The van der Waals surface area contributed by atoms with Gasteiger partial charge in [0.1, 0.15) is 11.5 Å². The van der Waals surface area contributed by atoms with Crippen molar-refractivity contribution in [1.29, 1.82) is 0 Å². The quantitative estimate of drug-likeness (QED) is 0.843. The first-order valence-electron chi connectivity index (χ1n) is 6.64. The third-order valence-corrected chi connectivity index (χ3v) is 3.64. The van der Waals surface area contributed by atoms with Crippen LogP contribution in [-0.4, -0.2) is 19.8 Å². The van der Waals surface area contributed by atoms with Crippen LogP contribution < -0.4 is 15.2 Å². The van der Waals surface area contributed by atoms with E-state index < -0.39 is 0 Å². The zero-order valence-electron chi connectivity index (χ0n) is 11.6. The lowest BCUT2D eigenvalue weighted by Crippen LogP contribution is -2.24. The maximum atomic E-state index is 6.19. The first-order chi connectivity index (χ1) is 8.61. The minimum absolute atomic E-state index is 0.00936. The van der Waals surface area contributed by atoms with E-state index in [9.17, 15) is 0 Å². The Balaban J connectivity index is 2.32. The molecule has 0 radical (unpaired) electrons. The molecule has 1 saturated carbocycles. The molecule has 2 N–H and O–H groups in total. The van der Waals surface area contributed by atoms with Crippen LogP contribution in [0.2, 0.25) is 0 Å². The Morgan fingerprint density at radius 1 is 1.11 bits per heavy atom. The van der Waals surface area contributed by atoms with Crippen LogP contribution >= 0.6 is 0 Å². The van der Waals surface area contributed by atoms with E-state index in [1.807, 2.05) is 0 Å². The van der Waals surface area contributed by atoms with E-state index in [0.29, 0.717) is 0 Å².